The Labute approximate surface area is 284 Å². The molecule has 49 heavy (non-hydrogen) atoms. The van der Waals surface area contributed by atoms with E-state index in [1.807, 2.05) is 65.6 Å². The second-order valence-corrected chi connectivity index (χ2v) is 12.4. The van der Waals surface area contributed by atoms with E-state index in [0.717, 1.165) is 72.1 Å². The van der Waals surface area contributed by atoms with Gasteiger partial charge < -0.3 is 9.47 Å². The first kappa shape index (κ1) is 28.5. The molecule has 1 aliphatic rings. The van der Waals surface area contributed by atoms with E-state index in [4.69, 9.17) is 0 Å². The van der Waals surface area contributed by atoms with Crippen molar-refractivity contribution >= 4 is 33.4 Å². The fourth-order valence-corrected chi connectivity index (χ4v) is 7.38. The first-order valence-electron chi connectivity index (χ1n) is 16.4. The lowest BCUT2D eigenvalue weighted by molar-refractivity contribution is 0.0997. The number of carbonyl (C=O) groups is 1. The van der Waals surface area contributed by atoms with Gasteiger partial charge in [0.25, 0.3) is 5.91 Å². The number of nitrogens with zero attached hydrogens (tertiary/aromatic N) is 3. The van der Waals surface area contributed by atoms with Crippen molar-refractivity contribution in [2.45, 2.75) is 6.54 Å². The van der Waals surface area contributed by atoms with Crippen molar-refractivity contribution in [2.24, 2.45) is 0 Å². The number of nitriles is 1. The summed E-state index contributed by atoms with van der Waals surface area (Å²) in [5.41, 5.74) is 12.4. The molecular formula is C45H29N3O. The Kier molecular flexibility index (Phi) is 6.71. The average molecular weight is 628 g/mol. The number of para-hydroxylation sites is 2. The van der Waals surface area contributed by atoms with Gasteiger partial charge in [-0.1, -0.05) is 133 Å². The van der Waals surface area contributed by atoms with Crippen molar-refractivity contribution in [3.63, 3.8) is 0 Å². The Morgan fingerprint density at radius 1 is 0.531 bits per heavy atom. The van der Waals surface area contributed by atoms with Gasteiger partial charge >= 0.3 is 0 Å². The molecule has 4 nitrogen and oxygen atoms in total. The summed E-state index contributed by atoms with van der Waals surface area (Å²) in [6.07, 6.45) is 0. The van der Waals surface area contributed by atoms with E-state index in [9.17, 15) is 10.1 Å². The van der Waals surface area contributed by atoms with Crippen LogP contribution in [0.3, 0.4) is 0 Å². The van der Waals surface area contributed by atoms with Crippen LogP contribution in [0.15, 0.2) is 164 Å². The van der Waals surface area contributed by atoms with Crippen LogP contribution in [0.25, 0.3) is 60.9 Å². The summed E-state index contributed by atoms with van der Waals surface area (Å²) < 4.78 is 2.26. The zero-order chi connectivity index (χ0) is 32.9. The number of hydrogen-bond acceptors (Lipinski definition) is 2. The molecule has 0 radical (unpaired) electrons. The van der Waals surface area contributed by atoms with E-state index in [1.54, 1.807) is 0 Å². The van der Waals surface area contributed by atoms with Crippen molar-refractivity contribution < 1.29 is 4.79 Å². The highest BCUT2D eigenvalue weighted by Crippen LogP contribution is 2.43. The molecule has 0 fully saturated rings. The lowest BCUT2D eigenvalue weighted by Gasteiger charge is -2.22. The van der Waals surface area contributed by atoms with Crippen LogP contribution in [0.1, 0.15) is 21.5 Å². The largest absolute Gasteiger partial charge is 0.308 e. The SMILES string of the molecule is N#Cc1ccc(-c2cccc3c4ccccc4n(-c4cccc5c4C(=O)N(c4cc(-c6ccccc6)ccc4-c4ccccc4)C5)c23)cc1. The van der Waals surface area contributed by atoms with E-state index < -0.39 is 0 Å². The summed E-state index contributed by atoms with van der Waals surface area (Å²) in [6, 6.07) is 58.0. The van der Waals surface area contributed by atoms with Crippen LogP contribution in [0.4, 0.5) is 5.69 Å². The summed E-state index contributed by atoms with van der Waals surface area (Å²) in [6.45, 7) is 0.472. The highest BCUT2D eigenvalue weighted by molar-refractivity contribution is 6.17. The van der Waals surface area contributed by atoms with Crippen molar-refractivity contribution in [3.8, 4) is 45.1 Å². The number of amides is 1. The molecular weight excluding hydrogens is 599 g/mol. The molecule has 0 saturated carbocycles. The van der Waals surface area contributed by atoms with Crippen LogP contribution in [-0.2, 0) is 6.54 Å². The molecule has 0 atom stereocenters. The maximum absolute atomic E-state index is 14.9. The molecule has 1 amide bonds. The molecule has 1 aliphatic heterocycles. The fraction of sp³-hybridized carbons (Fsp3) is 0.0222. The van der Waals surface area contributed by atoms with Gasteiger partial charge in [0.05, 0.1) is 46.1 Å². The predicted octanol–water partition coefficient (Wildman–Crippen LogP) is 10.8. The van der Waals surface area contributed by atoms with Gasteiger partial charge in [-0.05, 0) is 58.1 Å². The first-order chi connectivity index (χ1) is 24.2. The summed E-state index contributed by atoms with van der Waals surface area (Å²) in [4.78, 5) is 16.9. The minimum atomic E-state index is -0.0187. The fourth-order valence-electron chi connectivity index (χ4n) is 7.38. The molecule has 0 N–H and O–H groups in total. The van der Waals surface area contributed by atoms with Crippen LogP contribution in [0.5, 0.6) is 0 Å². The van der Waals surface area contributed by atoms with Crippen molar-refractivity contribution in [1.82, 2.24) is 4.57 Å². The molecule has 0 saturated heterocycles. The van der Waals surface area contributed by atoms with Crippen LogP contribution in [0, 0.1) is 11.3 Å². The summed E-state index contributed by atoms with van der Waals surface area (Å²) in [5, 5.41) is 11.7. The van der Waals surface area contributed by atoms with Crippen molar-refractivity contribution in [3.05, 3.63) is 180 Å². The third kappa shape index (κ3) is 4.64. The zero-order valence-corrected chi connectivity index (χ0v) is 26.5. The van der Waals surface area contributed by atoms with E-state index in [1.165, 1.54) is 0 Å². The Balaban J connectivity index is 1.25. The van der Waals surface area contributed by atoms with E-state index >= 15 is 0 Å². The maximum Gasteiger partial charge on any atom is 0.261 e. The van der Waals surface area contributed by atoms with Gasteiger partial charge in [-0.3, -0.25) is 4.79 Å². The lowest BCUT2D eigenvalue weighted by Crippen LogP contribution is -2.24. The van der Waals surface area contributed by atoms with Gasteiger partial charge in [-0.15, -0.1) is 0 Å². The Bertz CT molecular complexity index is 2590. The standard InChI is InChI=1S/C45H29N3O/c46-28-30-21-23-33(24-22-30)37-17-10-18-39-38-16-7-8-19-40(38)48(44(37)39)41-20-9-15-35-29-47(45(49)43(35)41)42-27-34(31-11-3-1-4-12-31)25-26-36(42)32-13-5-2-6-14-32/h1-27H,29H2. The molecule has 4 heteroatoms. The van der Waals surface area contributed by atoms with Gasteiger partial charge in [-0.25, -0.2) is 0 Å². The number of anilines is 1. The van der Waals surface area contributed by atoms with E-state index in [-0.39, 0.29) is 5.91 Å². The molecule has 0 unspecified atom stereocenters. The summed E-state index contributed by atoms with van der Waals surface area (Å²) >= 11 is 0. The second-order valence-electron chi connectivity index (χ2n) is 12.4. The lowest BCUT2D eigenvalue weighted by atomic mass is 9.97. The number of fused-ring (bicyclic) bond motifs is 4. The van der Waals surface area contributed by atoms with Gasteiger partial charge in [0.1, 0.15) is 0 Å². The maximum atomic E-state index is 14.9. The number of benzene rings is 7. The minimum Gasteiger partial charge on any atom is -0.308 e. The van der Waals surface area contributed by atoms with Gasteiger partial charge in [0, 0.05) is 21.9 Å². The molecule has 0 spiro atoms. The monoisotopic (exact) mass is 627 g/mol. The molecule has 0 bridgehead atoms. The Hall–Kier alpha value is -6.70. The van der Waals surface area contributed by atoms with Gasteiger partial charge in [-0.2, -0.15) is 5.26 Å². The van der Waals surface area contributed by atoms with Crippen molar-refractivity contribution in [2.75, 3.05) is 4.90 Å². The van der Waals surface area contributed by atoms with Crippen LogP contribution in [0.2, 0.25) is 0 Å². The number of aromatic nitrogens is 1. The highest BCUT2D eigenvalue weighted by atomic mass is 16.2. The topological polar surface area (TPSA) is 49.0 Å². The Morgan fingerprint density at radius 3 is 1.96 bits per heavy atom. The minimum absolute atomic E-state index is 0.0187. The van der Waals surface area contributed by atoms with Crippen LogP contribution in [-0.4, -0.2) is 10.5 Å². The molecule has 1 aromatic heterocycles. The molecule has 0 aliphatic carbocycles. The van der Waals surface area contributed by atoms with E-state index in [0.29, 0.717) is 17.7 Å². The summed E-state index contributed by atoms with van der Waals surface area (Å²) in [7, 11) is 0. The smallest absolute Gasteiger partial charge is 0.261 e. The van der Waals surface area contributed by atoms with E-state index in [2.05, 4.69) is 114 Å². The average Bonchev–Trinajstić information content (AvgIpc) is 3.70. The van der Waals surface area contributed by atoms with Gasteiger partial charge in [0.15, 0.2) is 0 Å². The molecule has 8 aromatic rings. The molecule has 7 aromatic carbocycles. The quantitative estimate of drug-likeness (QED) is 0.191. The number of carbonyl (C=O) groups excluding carboxylic acids is 1. The zero-order valence-electron chi connectivity index (χ0n) is 26.5. The summed E-state index contributed by atoms with van der Waals surface area (Å²) in [5.74, 6) is -0.0187. The van der Waals surface area contributed by atoms with Crippen LogP contribution >= 0.6 is 0 Å². The predicted molar refractivity (Wildman–Crippen MR) is 199 cm³/mol. The molecule has 230 valence electrons. The van der Waals surface area contributed by atoms with Crippen molar-refractivity contribution in [1.29, 1.82) is 5.26 Å². The number of rotatable bonds is 5. The highest BCUT2D eigenvalue weighted by Gasteiger charge is 2.34. The molecule has 2 heterocycles. The second kappa shape index (κ2) is 11.5. The first-order valence-corrected chi connectivity index (χ1v) is 16.4. The third-order valence-electron chi connectivity index (χ3n) is 9.66. The van der Waals surface area contributed by atoms with Gasteiger partial charge in [0.2, 0.25) is 0 Å². The third-order valence-corrected chi connectivity index (χ3v) is 9.66. The normalized spacial score (nSPS) is 12.4. The Morgan fingerprint density at radius 2 is 1.18 bits per heavy atom. The number of hydrogen-bond donors (Lipinski definition) is 0. The molecule has 9 rings (SSSR count). The van der Waals surface area contributed by atoms with Crippen LogP contribution < -0.4 is 4.90 Å².